The van der Waals surface area contributed by atoms with Gasteiger partial charge in [-0.05, 0) is 0 Å². The number of amides is 1. The summed E-state index contributed by atoms with van der Waals surface area (Å²) in [5.41, 5.74) is 0.946. The van der Waals surface area contributed by atoms with Gasteiger partial charge in [0.1, 0.15) is 6.07 Å². The Morgan fingerprint density at radius 3 is 2.56 bits per heavy atom. The molecule has 0 aromatic rings. The van der Waals surface area contributed by atoms with Crippen molar-refractivity contribution >= 4 is 11.6 Å². The second-order valence-electron chi connectivity index (χ2n) is 1.03. The van der Waals surface area contributed by atoms with Gasteiger partial charge >= 0.3 is 0 Å². The van der Waals surface area contributed by atoms with E-state index in [1.807, 2.05) is 0 Å². The Labute approximate surface area is 50.5 Å². The minimum absolute atomic E-state index is 0.669. The van der Waals surface area contributed by atoms with Gasteiger partial charge in [-0.25, -0.2) is 5.84 Å². The third-order valence-electron chi connectivity index (χ3n) is 0.552. The van der Waals surface area contributed by atoms with Crippen molar-refractivity contribution in [3.63, 3.8) is 0 Å². The maximum atomic E-state index is 10.2. The van der Waals surface area contributed by atoms with E-state index in [0.29, 0.717) is 0 Å². The molecule has 6 nitrogen and oxygen atoms in total. The van der Waals surface area contributed by atoms with Crippen LogP contribution >= 0.6 is 0 Å². The summed E-state index contributed by atoms with van der Waals surface area (Å²) in [5.74, 6) is 3.66. The van der Waals surface area contributed by atoms with Gasteiger partial charge in [0.15, 0.2) is 0 Å². The molecule has 0 rings (SSSR count). The molecule has 4 N–H and O–H groups in total. The van der Waals surface area contributed by atoms with Gasteiger partial charge in [-0.15, -0.1) is 0 Å². The highest BCUT2D eigenvalue weighted by atomic mass is 16.4. The lowest BCUT2D eigenvalue weighted by Gasteiger charge is -1.89. The first-order chi connectivity index (χ1) is 4.26. The van der Waals surface area contributed by atoms with Crippen LogP contribution in [0.15, 0.2) is 5.16 Å². The second kappa shape index (κ2) is 3.40. The van der Waals surface area contributed by atoms with E-state index in [2.05, 4.69) is 11.0 Å². The normalized spacial score (nSPS) is 10.0. The molecule has 0 bridgehead atoms. The maximum Gasteiger partial charge on any atom is 0.298 e. The molecule has 9 heavy (non-hydrogen) atoms. The molecule has 0 unspecified atom stereocenters. The summed E-state index contributed by atoms with van der Waals surface area (Å²) in [6, 6.07) is 1.31. The van der Waals surface area contributed by atoms with E-state index < -0.39 is 11.6 Å². The summed E-state index contributed by atoms with van der Waals surface area (Å²) in [6.45, 7) is 0. The maximum absolute atomic E-state index is 10.2. The standard InChI is InChI=1S/C3H4N4O2/c4-1-2(7-9)3(8)6-5/h9H,5H2,(H,6,8). The lowest BCUT2D eigenvalue weighted by molar-refractivity contribution is -0.114. The lowest BCUT2D eigenvalue weighted by atomic mass is 10.4. The van der Waals surface area contributed by atoms with E-state index in [1.54, 1.807) is 5.43 Å². The van der Waals surface area contributed by atoms with Crippen LogP contribution in [0, 0.1) is 11.3 Å². The molecule has 0 aliphatic carbocycles. The highest BCUT2D eigenvalue weighted by Crippen LogP contribution is 1.70. The van der Waals surface area contributed by atoms with Crippen LogP contribution in [0.25, 0.3) is 0 Å². The predicted octanol–water partition coefficient (Wildman–Crippen LogP) is -1.67. The molecular weight excluding hydrogens is 124 g/mol. The van der Waals surface area contributed by atoms with Gasteiger partial charge in [0.25, 0.3) is 5.91 Å². The van der Waals surface area contributed by atoms with Gasteiger partial charge in [0.05, 0.1) is 0 Å². The fourth-order valence-electron chi connectivity index (χ4n) is 0.187. The number of nitriles is 1. The first kappa shape index (κ1) is 7.39. The van der Waals surface area contributed by atoms with E-state index in [0.717, 1.165) is 0 Å². The minimum atomic E-state index is -0.917. The molecule has 0 aliphatic heterocycles. The monoisotopic (exact) mass is 128 g/mol. The van der Waals surface area contributed by atoms with Gasteiger partial charge < -0.3 is 5.21 Å². The quantitative estimate of drug-likeness (QED) is 0.129. The van der Waals surface area contributed by atoms with Crippen molar-refractivity contribution in [1.29, 1.82) is 5.26 Å². The predicted molar refractivity (Wildman–Crippen MR) is 27.2 cm³/mol. The van der Waals surface area contributed by atoms with Crippen molar-refractivity contribution in [1.82, 2.24) is 5.43 Å². The zero-order valence-electron chi connectivity index (χ0n) is 4.33. The molecule has 0 spiro atoms. The van der Waals surface area contributed by atoms with Crippen LogP contribution in [0.5, 0.6) is 0 Å². The number of nitrogens with one attached hydrogen (secondary N) is 1. The molecule has 0 fully saturated rings. The zero-order chi connectivity index (χ0) is 7.28. The van der Waals surface area contributed by atoms with Gasteiger partial charge in [-0.1, -0.05) is 5.16 Å². The molecule has 0 aromatic carbocycles. The van der Waals surface area contributed by atoms with Crippen molar-refractivity contribution in [3.8, 4) is 6.07 Å². The number of oxime groups is 1. The number of carbonyl (C=O) groups is 1. The molecule has 0 aromatic heterocycles. The van der Waals surface area contributed by atoms with Gasteiger partial charge in [-0.3, -0.25) is 10.2 Å². The zero-order valence-corrected chi connectivity index (χ0v) is 4.33. The van der Waals surface area contributed by atoms with E-state index in [4.69, 9.17) is 10.5 Å². The number of nitrogens with two attached hydrogens (primary N) is 1. The number of hydrazine groups is 1. The largest absolute Gasteiger partial charge is 0.410 e. The molecular formula is C3H4N4O2. The number of nitrogens with zero attached hydrogens (tertiary/aromatic N) is 2. The van der Waals surface area contributed by atoms with Crippen molar-refractivity contribution in [3.05, 3.63) is 0 Å². The van der Waals surface area contributed by atoms with Crippen molar-refractivity contribution < 1.29 is 10.0 Å². The molecule has 0 atom stereocenters. The summed E-state index contributed by atoms with van der Waals surface area (Å²) >= 11 is 0. The number of rotatable bonds is 1. The van der Waals surface area contributed by atoms with Crippen LogP contribution in [0.1, 0.15) is 0 Å². The van der Waals surface area contributed by atoms with E-state index in [1.165, 1.54) is 6.07 Å². The fourth-order valence-corrected chi connectivity index (χ4v) is 0.187. The molecule has 0 saturated carbocycles. The summed E-state index contributed by atoms with van der Waals surface area (Å²) in [4.78, 5) is 10.2. The summed E-state index contributed by atoms with van der Waals surface area (Å²) in [7, 11) is 0. The van der Waals surface area contributed by atoms with Crippen LogP contribution in [0.2, 0.25) is 0 Å². The summed E-state index contributed by atoms with van der Waals surface area (Å²) in [6.07, 6.45) is 0. The Morgan fingerprint density at radius 1 is 1.89 bits per heavy atom. The van der Waals surface area contributed by atoms with Crippen LogP contribution in [-0.2, 0) is 4.79 Å². The summed E-state index contributed by atoms with van der Waals surface area (Å²) < 4.78 is 0. The Morgan fingerprint density at radius 2 is 2.44 bits per heavy atom. The van der Waals surface area contributed by atoms with Crippen molar-refractivity contribution in [2.75, 3.05) is 0 Å². The molecule has 0 saturated heterocycles. The van der Waals surface area contributed by atoms with Crippen LogP contribution in [0.3, 0.4) is 0 Å². The Kier molecular flexibility index (Phi) is 2.79. The lowest BCUT2D eigenvalue weighted by Crippen LogP contribution is -2.35. The van der Waals surface area contributed by atoms with Crippen LogP contribution < -0.4 is 11.3 Å². The molecule has 0 radical (unpaired) electrons. The van der Waals surface area contributed by atoms with Gasteiger partial charge in [-0.2, -0.15) is 5.26 Å². The third kappa shape index (κ3) is 1.75. The Balaban J connectivity index is 4.19. The van der Waals surface area contributed by atoms with Gasteiger partial charge in [0, 0.05) is 0 Å². The van der Waals surface area contributed by atoms with E-state index >= 15 is 0 Å². The Hall–Kier alpha value is -1.61. The molecule has 48 valence electrons. The first-order valence-electron chi connectivity index (χ1n) is 1.89. The molecule has 6 heteroatoms. The van der Waals surface area contributed by atoms with Crippen molar-refractivity contribution in [2.24, 2.45) is 11.0 Å². The summed E-state index contributed by atoms with van der Waals surface area (Å²) in [5, 5.41) is 18.2. The third-order valence-corrected chi connectivity index (χ3v) is 0.552. The topological polar surface area (TPSA) is 111 Å². The number of carbonyl (C=O) groups excluding carboxylic acids is 1. The first-order valence-corrected chi connectivity index (χ1v) is 1.89. The molecule has 0 heterocycles. The van der Waals surface area contributed by atoms with Gasteiger partial charge in [0.2, 0.25) is 5.71 Å². The van der Waals surface area contributed by atoms with Crippen LogP contribution in [0.4, 0.5) is 0 Å². The minimum Gasteiger partial charge on any atom is -0.410 e. The smallest absolute Gasteiger partial charge is 0.298 e. The average molecular weight is 128 g/mol. The molecule has 0 aliphatic rings. The second-order valence-corrected chi connectivity index (χ2v) is 1.03. The van der Waals surface area contributed by atoms with E-state index in [-0.39, 0.29) is 0 Å². The highest BCUT2D eigenvalue weighted by Gasteiger charge is 2.07. The van der Waals surface area contributed by atoms with E-state index in [9.17, 15) is 4.79 Å². The number of hydrogen-bond acceptors (Lipinski definition) is 5. The van der Waals surface area contributed by atoms with Crippen molar-refractivity contribution in [2.45, 2.75) is 0 Å². The molecule has 1 amide bonds. The fraction of sp³-hybridized carbons (Fsp3) is 0. The number of hydrogen-bond donors (Lipinski definition) is 3. The Bertz CT molecular complexity index is 179. The average Bonchev–Trinajstić information content (AvgIpc) is 1.90. The SMILES string of the molecule is N#CC(=NO)C(=O)NN. The highest BCUT2D eigenvalue weighted by molar-refractivity contribution is 6.44. The van der Waals surface area contributed by atoms with Crippen LogP contribution in [-0.4, -0.2) is 16.8 Å².